The summed E-state index contributed by atoms with van der Waals surface area (Å²) in [5, 5.41) is 6.22. The van der Waals surface area contributed by atoms with E-state index in [0.29, 0.717) is 28.7 Å². The van der Waals surface area contributed by atoms with Crippen LogP contribution < -0.4 is 15.4 Å². The monoisotopic (exact) mass is 476 g/mol. The van der Waals surface area contributed by atoms with Crippen LogP contribution in [-0.4, -0.2) is 28.0 Å². The zero-order valence-electron chi connectivity index (χ0n) is 18.9. The molecule has 0 bridgehead atoms. The van der Waals surface area contributed by atoms with E-state index >= 15 is 0 Å². The predicted molar refractivity (Wildman–Crippen MR) is 133 cm³/mol. The maximum atomic E-state index is 12.9. The highest BCUT2D eigenvalue weighted by molar-refractivity contribution is 6.33. The number of carbonyl (C=O) groups is 2. The van der Waals surface area contributed by atoms with Crippen LogP contribution in [0.25, 0.3) is 11.0 Å². The van der Waals surface area contributed by atoms with Crippen LogP contribution in [0.1, 0.15) is 36.1 Å². The van der Waals surface area contributed by atoms with Gasteiger partial charge in [0.05, 0.1) is 34.3 Å². The zero-order valence-corrected chi connectivity index (χ0v) is 19.7. The lowest BCUT2D eigenvalue weighted by atomic mass is 10.2. The summed E-state index contributed by atoms with van der Waals surface area (Å²) in [5.74, 6) is 0.795. The van der Waals surface area contributed by atoms with Gasteiger partial charge in [0.2, 0.25) is 5.91 Å². The van der Waals surface area contributed by atoms with E-state index in [2.05, 4.69) is 10.6 Å². The van der Waals surface area contributed by atoms with E-state index in [-0.39, 0.29) is 18.4 Å². The summed E-state index contributed by atoms with van der Waals surface area (Å²) in [6.45, 7) is 4.36. The van der Waals surface area contributed by atoms with Crippen LogP contribution in [0.5, 0.6) is 5.75 Å². The molecule has 2 N–H and O–H groups in total. The van der Waals surface area contributed by atoms with Gasteiger partial charge in [0.1, 0.15) is 18.1 Å². The second-order valence-electron chi connectivity index (χ2n) is 7.73. The van der Waals surface area contributed by atoms with Crippen molar-refractivity contribution < 1.29 is 14.3 Å². The molecule has 0 aliphatic rings. The number of hydrogen-bond acceptors (Lipinski definition) is 4. The lowest BCUT2D eigenvalue weighted by Crippen LogP contribution is -2.30. The molecule has 1 aromatic heterocycles. The number of fused-ring (bicyclic) bond motifs is 1. The molecule has 1 unspecified atom stereocenters. The Hall–Kier alpha value is -3.84. The minimum absolute atomic E-state index is 0.0371. The van der Waals surface area contributed by atoms with E-state index < -0.39 is 6.04 Å². The van der Waals surface area contributed by atoms with Crippen molar-refractivity contribution in [2.24, 2.45) is 0 Å². The van der Waals surface area contributed by atoms with Crippen LogP contribution in [0, 0.1) is 0 Å². The fourth-order valence-corrected chi connectivity index (χ4v) is 3.94. The number of halogens is 1. The van der Waals surface area contributed by atoms with Gasteiger partial charge in [0.25, 0.3) is 5.91 Å². The lowest BCUT2D eigenvalue weighted by molar-refractivity contribution is -0.116. The Morgan fingerprint density at radius 3 is 2.47 bits per heavy atom. The molecule has 0 aliphatic carbocycles. The fraction of sp³-hybridized carbons (Fsp3) is 0.192. The Morgan fingerprint density at radius 2 is 1.74 bits per heavy atom. The molecule has 4 rings (SSSR count). The number of imidazole rings is 1. The van der Waals surface area contributed by atoms with Gasteiger partial charge in [-0.05, 0) is 62.4 Å². The fourth-order valence-electron chi connectivity index (χ4n) is 3.72. The molecule has 8 heteroatoms. The molecular weight excluding hydrogens is 452 g/mol. The molecule has 3 aromatic carbocycles. The molecular formula is C26H25ClN4O3. The molecule has 0 fully saturated rings. The number of nitrogens with one attached hydrogen (secondary N) is 2. The third-order valence-corrected chi connectivity index (χ3v) is 5.62. The van der Waals surface area contributed by atoms with Crippen molar-refractivity contribution >= 4 is 40.1 Å². The second-order valence-corrected chi connectivity index (χ2v) is 8.13. The Bertz CT molecular complexity index is 1320. The number of para-hydroxylation sites is 2. The lowest BCUT2D eigenvalue weighted by Gasteiger charge is -2.17. The molecule has 0 saturated carbocycles. The molecule has 4 aromatic rings. The minimum atomic E-state index is -0.463. The summed E-state index contributed by atoms with van der Waals surface area (Å²) in [5.41, 5.74) is 2.59. The van der Waals surface area contributed by atoms with Crippen molar-refractivity contribution in [1.29, 1.82) is 0 Å². The summed E-state index contributed by atoms with van der Waals surface area (Å²) in [6.07, 6.45) is 0. The molecule has 0 saturated heterocycles. The quantitative estimate of drug-likeness (QED) is 0.365. The van der Waals surface area contributed by atoms with Gasteiger partial charge < -0.3 is 19.9 Å². The van der Waals surface area contributed by atoms with Crippen LogP contribution in [0.4, 0.5) is 5.69 Å². The maximum absolute atomic E-state index is 12.9. The van der Waals surface area contributed by atoms with E-state index in [1.807, 2.05) is 54.8 Å². The van der Waals surface area contributed by atoms with E-state index in [9.17, 15) is 9.59 Å². The smallest absolute Gasteiger partial charge is 0.253 e. The number of hydrogen-bond donors (Lipinski definition) is 2. The number of amides is 2. The Morgan fingerprint density at radius 1 is 1.03 bits per heavy atom. The van der Waals surface area contributed by atoms with Crippen molar-refractivity contribution in [3.63, 3.8) is 0 Å². The van der Waals surface area contributed by atoms with Gasteiger partial charge in [0.15, 0.2) is 0 Å². The van der Waals surface area contributed by atoms with E-state index in [4.69, 9.17) is 21.3 Å². The van der Waals surface area contributed by atoms with E-state index in [0.717, 1.165) is 16.8 Å². The van der Waals surface area contributed by atoms with E-state index in [1.165, 1.54) is 0 Å². The van der Waals surface area contributed by atoms with Gasteiger partial charge >= 0.3 is 0 Å². The molecule has 0 spiro atoms. The van der Waals surface area contributed by atoms with Gasteiger partial charge in [-0.25, -0.2) is 4.98 Å². The number of rotatable bonds is 8. The average molecular weight is 477 g/mol. The molecule has 174 valence electrons. The third-order valence-electron chi connectivity index (χ3n) is 5.29. The molecule has 0 aliphatic heterocycles. The summed E-state index contributed by atoms with van der Waals surface area (Å²) in [7, 11) is 0. The molecule has 1 heterocycles. The largest absolute Gasteiger partial charge is 0.494 e. The summed E-state index contributed by atoms with van der Waals surface area (Å²) < 4.78 is 7.26. The van der Waals surface area contributed by atoms with Gasteiger partial charge in [0, 0.05) is 5.69 Å². The van der Waals surface area contributed by atoms with Crippen LogP contribution in [-0.2, 0) is 11.3 Å². The van der Waals surface area contributed by atoms with Crippen LogP contribution in [0.2, 0.25) is 5.02 Å². The first-order valence-corrected chi connectivity index (χ1v) is 11.4. The molecule has 7 nitrogen and oxygen atoms in total. The summed E-state index contributed by atoms with van der Waals surface area (Å²) in [6, 6.07) is 21.2. The number of benzene rings is 3. The zero-order chi connectivity index (χ0) is 24.1. The van der Waals surface area contributed by atoms with Gasteiger partial charge in [-0.2, -0.15) is 0 Å². The van der Waals surface area contributed by atoms with Gasteiger partial charge in [-0.1, -0.05) is 35.9 Å². The number of aromatic nitrogens is 2. The first kappa shape index (κ1) is 23.3. The predicted octanol–water partition coefficient (Wildman–Crippen LogP) is 5.22. The Labute approximate surface area is 202 Å². The van der Waals surface area contributed by atoms with Crippen LogP contribution in [0.15, 0.2) is 72.8 Å². The number of ether oxygens (including phenoxy) is 1. The highest BCUT2D eigenvalue weighted by Crippen LogP contribution is 2.23. The highest BCUT2D eigenvalue weighted by atomic mass is 35.5. The highest BCUT2D eigenvalue weighted by Gasteiger charge is 2.21. The SMILES string of the molecule is CCOc1ccc(NC(=O)Cn2c(C(C)NC(=O)c3ccccc3Cl)nc3ccccc32)cc1. The first-order chi connectivity index (χ1) is 16.5. The van der Waals surface area contributed by atoms with Crippen molar-refractivity contribution in [1.82, 2.24) is 14.9 Å². The van der Waals surface area contributed by atoms with Crippen LogP contribution >= 0.6 is 11.6 Å². The molecule has 1 atom stereocenters. The van der Waals surface area contributed by atoms with Gasteiger partial charge in [-0.3, -0.25) is 9.59 Å². The normalized spacial score (nSPS) is 11.7. The Kier molecular flexibility index (Phi) is 7.13. The summed E-state index contributed by atoms with van der Waals surface area (Å²) in [4.78, 5) is 30.4. The minimum Gasteiger partial charge on any atom is -0.494 e. The van der Waals surface area contributed by atoms with Crippen molar-refractivity contribution in [3.8, 4) is 5.75 Å². The molecule has 2 amide bonds. The van der Waals surface area contributed by atoms with Crippen molar-refractivity contribution in [2.45, 2.75) is 26.4 Å². The van der Waals surface area contributed by atoms with Gasteiger partial charge in [-0.15, -0.1) is 0 Å². The summed E-state index contributed by atoms with van der Waals surface area (Å²) >= 11 is 6.17. The Balaban J connectivity index is 1.55. The molecule has 34 heavy (non-hydrogen) atoms. The van der Waals surface area contributed by atoms with Crippen LogP contribution in [0.3, 0.4) is 0 Å². The number of nitrogens with zero attached hydrogens (tertiary/aromatic N) is 2. The number of anilines is 1. The standard InChI is InChI=1S/C26H25ClN4O3/c1-3-34-19-14-12-18(13-15-19)29-24(32)16-31-23-11-7-6-10-22(23)30-25(31)17(2)28-26(33)20-8-4-5-9-21(20)27/h4-15,17H,3,16H2,1-2H3,(H,28,33)(H,29,32). The first-order valence-electron chi connectivity index (χ1n) is 11.0. The average Bonchev–Trinajstić information content (AvgIpc) is 3.19. The third kappa shape index (κ3) is 5.21. The maximum Gasteiger partial charge on any atom is 0.253 e. The molecule has 0 radical (unpaired) electrons. The van der Waals surface area contributed by atoms with Crippen molar-refractivity contribution in [2.75, 3.05) is 11.9 Å². The number of carbonyl (C=O) groups excluding carboxylic acids is 2. The van der Waals surface area contributed by atoms with E-state index in [1.54, 1.807) is 36.4 Å². The topological polar surface area (TPSA) is 85.2 Å². The second kappa shape index (κ2) is 10.4. The van der Waals surface area contributed by atoms with Crippen molar-refractivity contribution in [3.05, 3.63) is 89.2 Å².